The number of pyridine rings is 1. The van der Waals surface area contributed by atoms with Crippen LogP contribution in [0.2, 0.25) is 0 Å². The molecular weight excluding hydrogens is 779 g/mol. The zero-order chi connectivity index (χ0) is 42.2. The third-order valence-corrected chi connectivity index (χ3v) is 13.1. The predicted molar refractivity (Wildman–Crippen MR) is 257 cm³/mol. The van der Waals surface area contributed by atoms with E-state index in [1.807, 2.05) is 24.3 Å². The first kappa shape index (κ1) is 36.1. The zero-order valence-corrected chi connectivity index (χ0v) is 34.6. The van der Waals surface area contributed by atoms with Crippen LogP contribution in [0.1, 0.15) is 22.3 Å². The second kappa shape index (κ2) is 14.3. The minimum absolute atomic E-state index is 0.482. The molecule has 0 radical (unpaired) electrons. The lowest BCUT2D eigenvalue weighted by molar-refractivity contribution is 0.794. The van der Waals surface area contributed by atoms with Gasteiger partial charge in [0.25, 0.3) is 0 Å². The molecule has 2 aliphatic carbocycles. The van der Waals surface area contributed by atoms with Crippen molar-refractivity contribution in [3.05, 3.63) is 247 Å². The van der Waals surface area contributed by atoms with Crippen LogP contribution in [0.25, 0.3) is 95.7 Å². The van der Waals surface area contributed by atoms with Crippen molar-refractivity contribution in [3.63, 3.8) is 0 Å². The van der Waals surface area contributed by atoms with Crippen LogP contribution in [0.3, 0.4) is 0 Å². The van der Waals surface area contributed by atoms with Crippen LogP contribution in [0.5, 0.6) is 0 Å². The van der Waals surface area contributed by atoms with Crippen LogP contribution < -0.4 is 0 Å². The third kappa shape index (κ3) is 5.44. The molecule has 64 heavy (non-hydrogen) atoms. The van der Waals surface area contributed by atoms with Crippen molar-refractivity contribution in [2.75, 3.05) is 0 Å². The molecule has 0 N–H and O–H groups in total. The molecule has 0 unspecified atom stereocenters. The molecule has 2 aliphatic rings. The summed E-state index contributed by atoms with van der Waals surface area (Å²) < 4.78 is 2.16. The molecule has 298 valence electrons. The summed E-state index contributed by atoms with van der Waals surface area (Å²) in [6, 6.07) is 77.5. The van der Waals surface area contributed by atoms with Gasteiger partial charge < -0.3 is 0 Å². The van der Waals surface area contributed by atoms with Gasteiger partial charge in [-0.1, -0.05) is 194 Å². The molecule has 3 heterocycles. The lowest BCUT2D eigenvalue weighted by Gasteiger charge is -2.30. The van der Waals surface area contributed by atoms with Gasteiger partial charge in [0, 0.05) is 34.0 Å². The summed E-state index contributed by atoms with van der Waals surface area (Å²) in [5, 5.41) is 0. The molecule has 0 aliphatic heterocycles. The van der Waals surface area contributed by atoms with E-state index < -0.39 is 5.41 Å². The van der Waals surface area contributed by atoms with Crippen molar-refractivity contribution in [1.82, 2.24) is 24.3 Å². The average Bonchev–Trinajstić information content (AvgIpc) is 4.01. The fourth-order valence-corrected chi connectivity index (χ4v) is 10.3. The first-order valence-electron chi connectivity index (χ1n) is 21.7. The lowest BCUT2D eigenvalue weighted by atomic mass is 9.70. The smallest absolute Gasteiger partial charge is 0.164 e. The molecule has 0 saturated heterocycles. The maximum Gasteiger partial charge on any atom is 0.164 e. The van der Waals surface area contributed by atoms with E-state index >= 15 is 0 Å². The van der Waals surface area contributed by atoms with Crippen LogP contribution in [-0.2, 0) is 5.41 Å². The Balaban J connectivity index is 0.995. The van der Waals surface area contributed by atoms with E-state index in [0.29, 0.717) is 17.5 Å². The molecule has 5 heteroatoms. The Labute approximate surface area is 370 Å². The van der Waals surface area contributed by atoms with Crippen LogP contribution in [0, 0.1) is 0 Å². The van der Waals surface area contributed by atoms with Crippen LogP contribution in [0.4, 0.5) is 0 Å². The topological polar surface area (TPSA) is 56.0 Å². The van der Waals surface area contributed by atoms with Gasteiger partial charge in [-0.2, -0.15) is 0 Å². The monoisotopic (exact) mass is 815 g/mol. The van der Waals surface area contributed by atoms with Crippen molar-refractivity contribution in [2.24, 2.45) is 0 Å². The maximum atomic E-state index is 5.33. The van der Waals surface area contributed by atoms with E-state index in [2.05, 4.69) is 205 Å². The van der Waals surface area contributed by atoms with Gasteiger partial charge in [0.05, 0.1) is 16.8 Å². The van der Waals surface area contributed by atoms with Crippen LogP contribution in [0.15, 0.2) is 225 Å². The van der Waals surface area contributed by atoms with E-state index in [1.54, 1.807) is 0 Å². The Kier molecular flexibility index (Phi) is 8.06. The van der Waals surface area contributed by atoms with Crippen molar-refractivity contribution in [2.45, 2.75) is 5.41 Å². The van der Waals surface area contributed by atoms with Gasteiger partial charge in [-0.25, -0.2) is 19.9 Å². The molecule has 0 atom stereocenters. The Morgan fingerprint density at radius 2 is 0.766 bits per heavy atom. The largest absolute Gasteiger partial charge is 0.299 e. The molecule has 0 fully saturated rings. The minimum atomic E-state index is -0.482. The normalized spacial score (nSPS) is 12.8. The fourth-order valence-electron chi connectivity index (χ4n) is 10.3. The maximum absolute atomic E-state index is 5.33. The van der Waals surface area contributed by atoms with E-state index in [0.717, 1.165) is 56.0 Å². The highest BCUT2D eigenvalue weighted by atomic mass is 15.0. The molecular formula is C59H37N5. The number of fused-ring (bicyclic) bond motifs is 11. The summed E-state index contributed by atoms with van der Waals surface area (Å²) in [6.45, 7) is 0. The van der Waals surface area contributed by atoms with Crippen molar-refractivity contribution in [1.29, 1.82) is 0 Å². The number of nitrogens with zero attached hydrogens (tertiary/aromatic N) is 5. The second-order valence-corrected chi connectivity index (χ2v) is 16.6. The van der Waals surface area contributed by atoms with E-state index in [-0.39, 0.29) is 0 Å². The van der Waals surface area contributed by atoms with Crippen molar-refractivity contribution >= 4 is 5.65 Å². The first-order valence-corrected chi connectivity index (χ1v) is 21.7. The van der Waals surface area contributed by atoms with Gasteiger partial charge in [0.1, 0.15) is 5.65 Å². The SMILES string of the molecule is c1ccc(-c2cccc(-c3nc(-c4ccc(-c5c(-c6ccccc6)nc6ccccn56)cc4)nc(-c4ccc5c(c4)C4(c6ccccc6-c6ccccc64)c4ccccc4-5)n3)c2)cc1. The third-order valence-electron chi connectivity index (χ3n) is 13.1. The van der Waals surface area contributed by atoms with Gasteiger partial charge in [-0.05, 0) is 79.9 Å². The molecule has 13 rings (SSSR count). The van der Waals surface area contributed by atoms with Gasteiger partial charge in [0.2, 0.25) is 0 Å². The summed E-state index contributed by atoms with van der Waals surface area (Å²) in [6.07, 6.45) is 2.08. The molecule has 0 bridgehead atoms. The summed E-state index contributed by atoms with van der Waals surface area (Å²) >= 11 is 0. The molecule has 0 saturated carbocycles. The van der Waals surface area contributed by atoms with E-state index in [9.17, 15) is 0 Å². The van der Waals surface area contributed by atoms with Gasteiger partial charge >= 0.3 is 0 Å². The van der Waals surface area contributed by atoms with Crippen molar-refractivity contribution < 1.29 is 0 Å². The molecule has 8 aromatic carbocycles. The van der Waals surface area contributed by atoms with Gasteiger partial charge in [-0.3, -0.25) is 4.40 Å². The lowest BCUT2D eigenvalue weighted by Crippen LogP contribution is -2.25. The van der Waals surface area contributed by atoms with Crippen LogP contribution in [-0.4, -0.2) is 24.3 Å². The molecule has 1 spiro atoms. The minimum Gasteiger partial charge on any atom is -0.299 e. The van der Waals surface area contributed by atoms with Crippen molar-refractivity contribution in [3.8, 4) is 90.1 Å². The number of aromatic nitrogens is 5. The number of rotatable bonds is 6. The Hall–Kier alpha value is -8.54. The molecule has 11 aromatic rings. The number of hydrogen-bond donors (Lipinski definition) is 0. The molecule has 5 nitrogen and oxygen atoms in total. The number of benzene rings is 8. The quantitative estimate of drug-likeness (QED) is 0.168. The van der Waals surface area contributed by atoms with Gasteiger partial charge in [-0.15, -0.1) is 0 Å². The standard InChI is InChI=1S/C59H37N5/c1-3-16-38(17-4-1)42-20-15-21-43(36-42)57-61-56(41-31-29-40(30-32-41)55-54(39-18-5-2-6-19-39)60-53-28-13-14-35-64(53)55)62-58(63-57)44-33-34-48-47-24-9-12-27-51(47)59(52(48)37-44)49-25-10-7-22-45(49)46-23-8-11-26-50(46)59/h1-37H. The van der Waals surface area contributed by atoms with Crippen LogP contribution >= 0.6 is 0 Å². The molecule has 0 amide bonds. The van der Waals surface area contributed by atoms with Gasteiger partial charge in [0.15, 0.2) is 17.5 Å². The Morgan fingerprint density at radius 3 is 1.41 bits per heavy atom. The number of hydrogen-bond acceptors (Lipinski definition) is 4. The highest BCUT2D eigenvalue weighted by Gasteiger charge is 2.51. The first-order chi connectivity index (χ1) is 31.7. The number of imidazole rings is 1. The Morgan fingerprint density at radius 1 is 0.297 bits per heavy atom. The van der Waals surface area contributed by atoms with E-state index in [1.165, 1.54) is 44.5 Å². The fraction of sp³-hybridized carbons (Fsp3) is 0.0169. The highest BCUT2D eigenvalue weighted by molar-refractivity contribution is 5.96. The highest BCUT2D eigenvalue weighted by Crippen LogP contribution is 2.63. The second-order valence-electron chi connectivity index (χ2n) is 16.6. The summed E-state index contributed by atoms with van der Waals surface area (Å²) in [5.41, 5.74) is 19.7. The predicted octanol–water partition coefficient (Wildman–Crippen LogP) is 13.9. The van der Waals surface area contributed by atoms with E-state index in [4.69, 9.17) is 19.9 Å². The summed E-state index contributed by atoms with van der Waals surface area (Å²) in [4.78, 5) is 21.0. The average molecular weight is 816 g/mol. The summed E-state index contributed by atoms with van der Waals surface area (Å²) in [7, 11) is 0. The zero-order valence-electron chi connectivity index (χ0n) is 34.6. The summed E-state index contributed by atoms with van der Waals surface area (Å²) in [5.74, 6) is 1.84. The molecule has 3 aromatic heterocycles. The Bertz CT molecular complexity index is 3550.